The topological polar surface area (TPSA) is 83.9 Å². The molecule has 1 N–H and O–H groups in total. The van der Waals surface area contributed by atoms with Crippen LogP contribution >= 0.6 is 11.8 Å². The molecular formula is C19H19N5O2S. The van der Waals surface area contributed by atoms with Crippen LogP contribution < -0.4 is 5.56 Å². The van der Waals surface area contributed by atoms with Crippen LogP contribution in [0.1, 0.15) is 21.6 Å². The Labute approximate surface area is 159 Å². The van der Waals surface area contributed by atoms with Gasteiger partial charge in [-0.3, -0.25) is 9.59 Å². The van der Waals surface area contributed by atoms with Crippen molar-refractivity contribution in [3.63, 3.8) is 0 Å². The Bertz CT molecular complexity index is 1080. The van der Waals surface area contributed by atoms with Crippen molar-refractivity contribution in [3.8, 4) is 0 Å². The van der Waals surface area contributed by atoms with Crippen LogP contribution in [0.2, 0.25) is 0 Å². The molecule has 2 aliphatic heterocycles. The van der Waals surface area contributed by atoms with Gasteiger partial charge in [-0.05, 0) is 29.5 Å². The number of carbonyl (C=O) groups is 1. The Balaban J connectivity index is 1.25. The van der Waals surface area contributed by atoms with Gasteiger partial charge in [0.25, 0.3) is 11.5 Å². The van der Waals surface area contributed by atoms with E-state index in [0.717, 1.165) is 40.2 Å². The van der Waals surface area contributed by atoms with Gasteiger partial charge in [-0.2, -0.15) is 16.9 Å². The summed E-state index contributed by atoms with van der Waals surface area (Å²) in [7, 11) is 0. The highest BCUT2D eigenvalue weighted by atomic mass is 32.2. The number of aromatic amines is 1. The van der Waals surface area contributed by atoms with Crippen molar-refractivity contribution in [2.24, 2.45) is 5.92 Å². The molecule has 1 saturated heterocycles. The molecule has 138 valence electrons. The van der Waals surface area contributed by atoms with Gasteiger partial charge in [0.1, 0.15) is 0 Å². The molecule has 2 aromatic heterocycles. The van der Waals surface area contributed by atoms with E-state index in [0.29, 0.717) is 25.2 Å². The third kappa shape index (κ3) is 3.03. The molecule has 1 fully saturated rings. The van der Waals surface area contributed by atoms with E-state index in [1.807, 2.05) is 34.9 Å². The lowest BCUT2D eigenvalue weighted by molar-refractivity contribution is 0.0458. The van der Waals surface area contributed by atoms with Gasteiger partial charge in [-0.15, -0.1) is 0 Å². The van der Waals surface area contributed by atoms with Gasteiger partial charge in [0.2, 0.25) is 0 Å². The molecule has 2 aliphatic rings. The van der Waals surface area contributed by atoms with E-state index in [9.17, 15) is 9.59 Å². The Kier molecular flexibility index (Phi) is 4.00. The fourth-order valence-electron chi connectivity index (χ4n) is 3.73. The summed E-state index contributed by atoms with van der Waals surface area (Å²) in [6.07, 6.45) is 2.55. The fourth-order valence-corrected chi connectivity index (χ4v) is 4.68. The number of rotatable bonds is 3. The Morgan fingerprint density at radius 3 is 3.07 bits per heavy atom. The number of thioether (sulfide) groups is 1. The minimum absolute atomic E-state index is 0.0190. The van der Waals surface area contributed by atoms with Crippen molar-refractivity contribution in [1.29, 1.82) is 0 Å². The average Bonchev–Trinajstić information content (AvgIpc) is 3.11. The van der Waals surface area contributed by atoms with Crippen LogP contribution in [0.25, 0.3) is 11.0 Å². The van der Waals surface area contributed by atoms with E-state index in [2.05, 4.69) is 15.1 Å². The number of imidazole rings is 1. The Morgan fingerprint density at radius 1 is 1.30 bits per heavy atom. The molecule has 4 heterocycles. The van der Waals surface area contributed by atoms with Crippen molar-refractivity contribution < 1.29 is 4.79 Å². The first-order valence-electron chi connectivity index (χ1n) is 9.07. The van der Waals surface area contributed by atoms with Crippen molar-refractivity contribution in [2.75, 3.05) is 18.8 Å². The summed E-state index contributed by atoms with van der Waals surface area (Å²) in [5.41, 5.74) is 4.46. The molecule has 0 atom stereocenters. The predicted octanol–water partition coefficient (Wildman–Crippen LogP) is 1.68. The van der Waals surface area contributed by atoms with Gasteiger partial charge in [-0.25, -0.2) is 9.67 Å². The lowest BCUT2D eigenvalue weighted by Gasteiger charge is -2.39. The molecule has 0 unspecified atom stereocenters. The minimum Gasteiger partial charge on any atom is -0.345 e. The highest BCUT2D eigenvalue weighted by Crippen LogP contribution is 2.23. The standard InChI is InChI=1S/C19H19N5O2S/c25-18-6-14-10-27-4-3-15(14)22-24(18)9-12-7-23(8-12)19(26)13-1-2-16-17(5-13)21-11-20-16/h1-2,5-6,11-12H,3-4,7-10H2,(H,20,21). The van der Waals surface area contributed by atoms with Gasteiger partial charge in [0.05, 0.1) is 29.6 Å². The molecular weight excluding hydrogens is 362 g/mol. The first kappa shape index (κ1) is 16.6. The highest BCUT2D eigenvalue weighted by Gasteiger charge is 2.32. The van der Waals surface area contributed by atoms with Gasteiger partial charge < -0.3 is 9.88 Å². The largest absolute Gasteiger partial charge is 0.345 e. The summed E-state index contributed by atoms with van der Waals surface area (Å²) in [5.74, 6) is 2.23. The molecule has 27 heavy (non-hydrogen) atoms. The van der Waals surface area contributed by atoms with Crippen LogP contribution in [-0.4, -0.2) is 49.4 Å². The van der Waals surface area contributed by atoms with E-state index in [1.165, 1.54) is 0 Å². The molecule has 0 spiro atoms. The number of likely N-dealkylation sites (tertiary alicyclic amines) is 1. The van der Waals surface area contributed by atoms with Crippen molar-refractivity contribution >= 4 is 28.7 Å². The predicted molar refractivity (Wildman–Crippen MR) is 104 cm³/mol. The number of nitrogens with zero attached hydrogens (tertiary/aromatic N) is 4. The highest BCUT2D eigenvalue weighted by molar-refractivity contribution is 7.98. The van der Waals surface area contributed by atoms with Gasteiger partial charge >= 0.3 is 0 Å². The van der Waals surface area contributed by atoms with E-state index < -0.39 is 0 Å². The van der Waals surface area contributed by atoms with Crippen LogP contribution in [0.3, 0.4) is 0 Å². The second-order valence-electron chi connectivity index (χ2n) is 7.15. The van der Waals surface area contributed by atoms with E-state index in [1.54, 1.807) is 17.1 Å². The maximum atomic E-state index is 12.7. The van der Waals surface area contributed by atoms with Crippen LogP contribution in [0.5, 0.6) is 0 Å². The number of nitrogens with one attached hydrogen (secondary N) is 1. The van der Waals surface area contributed by atoms with E-state index in [-0.39, 0.29) is 17.4 Å². The smallest absolute Gasteiger partial charge is 0.267 e. The summed E-state index contributed by atoms with van der Waals surface area (Å²) in [4.78, 5) is 34.0. The maximum absolute atomic E-state index is 12.7. The number of benzene rings is 1. The number of aryl methyl sites for hydroxylation is 1. The summed E-state index contributed by atoms with van der Waals surface area (Å²) >= 11 is 1.85. The number of aromatic nitrogens is 4. The number of amides is 1. The molecule has 0 bridgehead atoms. The Morgan fingerprint density at radius 2 is 2.19 bits per heavy atom. The van der Waals surface area contributed by atoms with Gasteiger partial charge in [-0.1, -0.05) is 0 Å². The molecule has 5 rings (SSSR count). The fraction of sp³-hybridized carbons (Fsp3) is 0.368. The lowest BCUT2D eigenvalue weighted by Crippen LogP contribution is -2.52. The number of hydrogen-bond donors (Lipinski definition) is 1. The third-order valence-corrected chi connectivity index (χ3v) is 6.26. The van der Waals surface area contributed by atoms with E-state index in [4.69, 9.17) is 0 Å². The summed E-state index contributed by atoms with van der Waals surface area (Å²) < 4.78 is 1.58. The monoisotopic (exact) mass is 381 g/mol. The molecule has 0 aliphatic carbocycles. The van der Waals surface area contributed by atoms with Gasteiger partial charge in [0, 0.05) is 42.8 Å². The summed E-state index contributed by atoms with van der Waals surface area (Å²) in [6, 6.07) is 7.23. The summed E-state index contributed by atoms with van der Waals surface area (Å²) in [6.45, 7) is 1.88. The van der Waals surface area contributed by atoms with Crippen molar-refractivity contribution in [3.05, 3.63) is 57.8 Å². The van der Waals surface area contributed by atoms with Crippen LogP contribution in [0.4, 0.5) is 0 Å². The van der Waals surface area contributed by atoms with Crippen LogP contribution in [-0.2, 0) is 18.7 Å². The number of carbonyl (C=O) groups excluding carboxylic acids is 1. The van der Waals surface area contributed by atoms with Gasteiger partial charge in [0.15, 0.2) is 0 Å². The van der Waals surface area contributed by atoms with Crippen molar-refractivity contribution in [2.45, 2.75) is 18.7 Å². The molecule has 0 radical (unpaired) electrons. The second kappa shape index (κ2) is 6.53. The molecule has 0 saturated carbocycles. The molecule has 1 amide bonds. The second-order valence-corrected chi connectivity index (χ2v) is 8.26. The minimum atomic E-state index is -0.0364. The quantitative estimate of drug-likeness (QED) is 0.746. The van der Waals surface area contributed by atoms with Crippen molar-refractivity contribution in [1.82, 2.24) is 24.6 Å². The zero-order valence-corrected chi connectivity index (χ0v) is 15.5. The van der Waals surface area contributed by atoms with Crippen LogP contribution in [0, 0.1) is 5.92 Å². The average molecular weight is 381 g/mol. The SMILES string of the molecule is O=C(c1ccc2nc[nH]c2c1)N1CC(Cn2nc3c(cc2=O)CSCC3)C1. The first-order chi connectivity index (χ1) is 13.2. The zero-order chi connectivity index (χ0) is 18.4. The van der Waals surface area contributed by atoms with Crippen LogP contribution in [0.15, 0.2) is 35.4 Å². The lowest BCUT2D eigenvalue weighted by atomic mass is 9.98. The number of H-pyrrole nitrogens is 1. The third-order valence-electron chi connectivity index (χ3n) is 5.25. The molecule has 1 aromatic carbocycles. The molecule has 3 aromatic rings. The van der Waals surface area contributed by atoms with E-state index >= 15 is 0 Å². The summed E-state index contributed by atoms with van der Waals surface area (Å²) in [5, 5.41) is 4.57. The number of fused-ring (bicyclic) bond motifs is 2. The molecule has 7 nitrogen and oxygen atoms in total. The maximum Gasteiger partial charge on any atom is 0.267 e. The first-order valence-corrected chi connectivity index (χ1v) is 10.2. The molecule has 8 heteroatoms. The number of hydrogen-bond acceptors (Lipinski definition) is 5. The Hall–Kier alpha value is -2.61. The zero-order valence-electron chi connectivity index (χ0n) is 14.7. The normalized spacial score (nSPS) is 17.0.